The number of benzene rings is 4. The lowest BCUT2D eigenvalue weighted by Crippen LogP contribution is -2.23. The fraction of sp³-hybridized carbons (Fsp3) is 0.133. The first-order chi connectivity index (χ1) is 17.3. The number of nitrogens with zero attached hydrogens (tertiary/aromatic N) is 2. The van der Waals surface area contributed by atoms with Gasteiger partial charge in [0.1, 0.15) is 0 Å². The van der Waals surface area contributed by atoms with Crippen molar-refractivity contribution in [2.75, 3.05) is 48.6 Å². The number of carbonyl (C=O) groups is 2. The van der Waals surface area contributed by atoms with E-state index in [4.69, 9.17) is 0 Å². The van der Waals surface area contributed by atoms with E-state index in [1.807, 2.05) is 111 Å². The minimum atomic E-state index is -0.169. The number of rotatable bonds is 6. The first-order valence-electron chi connectivity index (χ1n) is 11.8. The molecule has 0 fully saturated rings. The first kappa shape index (κ1) is 23.2. The molecule has 0 heterocycles. The van der Waals surface area contributed by atoms with Gasteiger partial charge < -0.3 is 20.4 Å². The Kier molecular flexibility index (Phi) is 5.94. The summed E-state index contributed by atoms with van der Waals surface area (Å²) >= 11 is 0. The number of carbonyl (C=O) groups excluding carboxylic acids is 2. The Bertz CT molecular complexity index is 1380. The number of nitrogens with one attached hydrogen (secondary N) is 2. The Balaban J connectivity index is 1.53. The Morgan fingerprint density at radius 1 is 0.528 bits per heavy atom. The molecular formula is C30H28N4O2. The third-order valence-electron chi connectivity index (χ3n) is 6.36. The van der Waals surface area contributed by atoms with E-state index < -0.39 is 0 Å². The SMILES string of the molecule is CN(C)c1cccc(Nc2cccc3c2C(=O)c2cccc(Nc4cccc(N(C)C)c4)c2C3=O)c1. The van der Waals surface area contributed by atoms with Crippen LogP contribution in [0.5, 0.6) is 0 Å². The van der Waals surface area contributed by atoms with Crippen molar-refractivity contribution < 1.29 is 9.59 Å². The predicted octanol–water partition coefficient (Wildman–Crippen LogP) is 6.08. The zero-order valence-electron chi connectivity index (χ0n) is 20.8. The quantitative estimate of drug-likeness (QED) is 0.310. The van der Waals surface area contributed by atoms with E-state index in [-0.39, 0.29) is 11.6 Å². The van der Waals surface area contributed by atoms with Crippen LogP contribution in [-0.4, -0.2) is 39.8 Å². The molecule has 6 heteroatoms. The lowest BCUT2D eigenvalue weighted by molar-refractivity contribution is 0.0980. The number of ketones is 2. The molecule has 0 radical (unpaired) electrons. The Morgan fingerprint density at radius 2 is 0.917 bits per heavy atom. The van der Waals surface area contributed by atoms with Gasteiger partial charge in [0.2, 0.25) is 0 Å². The van der Waals surface area contributed by atoms with Crippen molar-refractivity contribution in [3.8, 4) is 0 Å². The van der Waals surface area contributed by atoms with Crippen molar-refractivity contribution in [1.29, 1.82) is 0 Å². The average Bonchev–Trinajstić information content (AvgIpc) is 2.87. The lowest BCUT2D eigenvalue weighted by Gasteiger charge is -2.23. The number of hydrogen-bond donors (Lipinski definition) is 2. The molecule has 180 valence electrons. The second-order valence-corrected chi connectivity index (χ2v) is 9.25. The van der Waals surface area contributed by atoms with Crippen LogP contribution < -0.4 is 20.4 Å². The minimum absolute atomic E-state index is 0.169. The van der Waals surface area contributed by atoms with Crippen molar-refractivity contribution in [3.05, 3.63) is 107 Å². The van der Waals surface area contributed by atoms with Crippen LogP contribution >= 0.6 is 0 Å². The summed E-state index contributed by atoms with van der Waals surface area (Å²) in [5.74, 6) is -0.339. The van der Waals surface area contributed by atoms with Crippen molar-refractivity contribution in [1.82, 2.24) is 0 Å². The molecule has 0 spiro atoms. The van der Waals surface area contributed by atoms with Gasteiger partial charge in [-0.3, -0.25) is 9.59 Å². The molecular weight excluding hydrogens is 448 g/mol. The molecule has 4 aromatic carbocycles. The summed E-state index contributed by atoms with van der Waals surface area (Å²) in [6.07, 6.45) is 0. The highest BCUT2D eigenvalue weighted by atomic mass is 16.1. The minimum Gasteiger partial charge on any atom is -0.378 e. The number of fused-ring (bicyclic) bond motifs is 2. The van der Waals surface area contributed by atoms with Crippen LogP contribution in [0.1, 0.15) is 31.8 Å². The number of hydrogen-bond acceptors (Lipinski definition) is 6. The van der Waals surface area contributed by atoms with Crippen LogP contribution in [0.3, 0.4) is 0 Å². The Hall–Kier alpha value is -4.58. The van der Waals surface area contributed by atoms with Gasteiger partial charge in [-0.1, -0.05) is 36.4 Å². The normalized spacial score (nSPS) is 12.0. The third-order valence-corrected chi connectivity index (χ3v) is 6.36. The highest BCUT2D eigenvalue weighted by Gasteiger charge is 2.33. The molecule has 1 aliphatic carbocycles. The molecule has 2 N–H and O–H groups in total. The summed E-state index contributed by atoms with van der Waals surface area (Å²) in [7, 11) is 7.91. The van der Waals surface area contributed by atoms with E-state index in [0.29, 0.717) is 33.6 Å². The highest BCUT2D eigenvalue weighted by Crippen LogP contribution is 2.37. The lowest BCUT2D eigenvalue weighted by atomic mass is 9.82. The van der Waals surface area contributed by atoms with Crippen molar-refractivity contribution in [2.24, 2.45) is 0 Å². The predicted molar refractivity (Wildman–Crippen MR) is 148 cm³/mol. The smallest absolute Gasteiger partial charge is 0.196 e. The maximum absolute atomic E-state index is 13.8. The maximum Gasteiger partial charge on any atom is 0.196 e. The van der Waals surface area contributed by atoms with Crippen molar-refractivity contribution in [2.45, 2.75) is 0 Å². The molecule has 0 aliphatic heterocycles. The largest absolute Gasteiger partial charge is 0.378 e. The molecule has 0 amide bonds. The van der Waals surface area contributed by atoms with Gasteiger partial charge in [-0.2, -0.15) is 0 Å². The third kappa shape index (κ3) is 4.18. The van der Waals surface area contributed by atoms with Crippen LogP contribution in [0.4, 0.5) is 34.1 Å². The molecule has 1 aliphatic rings. The monoisotopic (exact) mass is 476 g/mol. The molecule has 0 unspecified atom stereocenters. The standard InChI is InChI=1S/C30H28N4O2/c1-33(2)21-11-5-9-19(17-21)31-25-15-7-13-23-27(25)29(35)24-14-8-16-26(28(24)30(23)36)32-20-10-6-12-22(18-20)34(3)4/h5-18,31-32H,1-4H3. The fourth-order valence-electron chi connectivity index (χ4n) is 4.48. The average molecular weight is 477 g/mol. The molecule has 0 saturated carbocycles. The topological polar surface area (TPSA) is 64.7 Å². The van der Waals surface area contributed by atoms with Crippen molar-refractivity contribution >= 4 is 45.7 Å². The summed E-state index contributed by atoms with van der Waals surface area (Å²) in [6.45, 7) is 0. The van der Waals surface area contributed by atoms with E-state index in [2.05, 4.69) is 10.6 Å². The fourth-order valence-corrected chi connectivity index (χ4v) is 4.48. The van der Waals surface area contributed by atoms with E-state index in [9.17, 15) is 9.59 Å². The van der Waals surface area contributed by atoms with Crippen LogP contribution in [0.2, 0.25) is 0 Å². The second-order valence-electron chi connectivity index (χ2n) is 9.25. The molecule has 0 atom stereocenters. The molecule has 0 bridgehead atoms. The Labute approximate surface area is 211 Å². The van der Waals surface area contributed by atoms with Crippen molar-refractivity contribution in [3.63, 3.8) is 0 Å². The second kappa shape index (κ2) is 9.23. The van der Waals surface area contributed by atoms with Gasteiger partial charge in [-0.15, -0.1) is 0 Å². The van der Waals surface area contributed by atoms with Gasteiger partial charge in [-0.05, 0) is 48.5 Å². The molecule has 4 aromatic rings. The zero-order chi connectivity index (χ0) is 25.4. The molecule has 36 heavy (non-hydrogen) atoms. The van der Waals surface area contributed by atoms with Gasteiger partial charge in [0.05, 0.1) is 22.5 Å². The summed E-state index contributed by atoms with van der Waals surface area (Å²) in [4.78, 5) is 31.5. The van der Waals surface area contributed by atoms with Crippen LogP contribution in [0.25, 0.3) is 0 Å². The van der Waals surface area contributed by atoms with Gasteiger partial charge in [-0.25, -0.2) is 0 Å². The molecule has 5 rings (SSSR count). The van der Waals surface area contributed by atoms with Crippen LogP contribution in [0, 0.1) is 0 Å². The summed E-state index contributed by atoms with van der Waals surface area (Å²) in [6, 6.07) is 26.6. The molecule has 6 nitrogen and oxygen atoms in total. The van der Waals surface area contributed by atoms with Gasteiger partial charge >= 0.3 is 0 Å². The first-order valence-corrected chi connectivity index (χ1v) is 11.8. The van der Waals surface area contributed by atoms with Gasteiger partial charge in [0.25, 0.3) is 0 Å². The summed E-state index contributed by atoms with van der Waals surface area (Å²) in [5, 5.41) is 6.72. The maximum atomic E-state index is 13.8. The number of anilines is 6. The molecule has 0 aromatic heterocycles. The van der Waals surface area contributed by atoms with Gasteiger partial charge in [0, 0.05) is 62.1 Å². The van der Waals surface area contributed by atoms with E-state index in [0.717, 1.165) is 22.7 Å². The highest BCUT2D eigenvalue weighted by molar-refractivity contribution is 6.32. The van der Waals surface area contributed by atoms with E-state index >= 15 is 0 Å². The van der Waals surface area contributed by atoms with Crippen LogP contribution in [-0.2, 0) is 0 Å². The van der Waals surface area contributed by atoms with E-state index in [1.165, 1.54) is 0 Å². The Morgan fingerprint density at radius 3 is 1.31 bits per heavy atom. The zero-order valence-corrected chi connectivity index (χ0v) is 20.8. The van der Waals surface area contributed by atoms with E-state index in [1.54, 1.807) is 12.1 Å². The molecule has 0 saturated heterocycles. The van der Waals surface area contributed by atoms with Crippen LogP contribution in [0.15, 0.2) is 84.9 Å². The van der Waals surface area contributed by atoms with Gasteiger partial charge in [0.15, 0.2) is 11.6 Å². The summed E-state index contributed by atoms with van der Waals surface area (Å²) in [5.41, 5.74) is 6.59. The summed E-state index contributed by atoms with van der Waals surface area (Å²) < 4.78 is 0.